The Labute approximate surface area is 141 Å². The first-order valence-corrected chi connectivity index (χ1v) is 8.19. The minimum atomic E-state index is -0.380. The third-order valence-electron chi connectivity index (χ3n) is 3.77. The van der Waals surface area contributed by atoms with Gasteiger partial charge in [-0.2, -0.15) is 0 Å². The maximum atomic E-state index is 12.6. The molecule has 24 heavy (non-hydrogen) atoms. The second-order valence-electron chi connectivity index (χ2n) is 5.45. The SMILES string of the molecule is Cc1ccc2c(C)c(C(=O)Nc3nonc3-c3cccs3)oc2c1. The van der Waals surface area contributed by atoms with Crippen LogP contribution in [0.4, 0.5) is 5.82 Å². The molecule has 120 valence electrons. The number of aryl methyl sites for hydroxylation is 2. The van der Waals surface area contributed by atoms with Crippen LogP contribution < -0.4 is 5.32 Å². The average molecular weight is 339 g/mol. The molecule has 3 aromatic heterocycles. The highest BCUT2D eigenvalue weighted by molar-refractivity contribution is 7.13. The Hall–Kier alpha value is -2.93. The topological polar surface area (TPSA) is 81.2 Å². The maximum absolute atomic E-state index is 12.6. The van der Waals surface area contributed by atoms with E-state index in [0.717, 1.165) is 21.4 Å². The van der Waals surface area contributed by atoms with Crippen molar-refractivity contribution < 1.29 is 13.8 Å². The average Bonchev–Trinajstić information content (AvgIpc) is 3.27. The van der Waals surface area contributed by atoms with Crippen molar-refractivity contribution in [1.29, 1.82) is 0 Å². The zero-order chi connectivity index (χ0) is 16.7. The van der Waals surface area contributed by atoms with Gasteiger partial charge in [-0.3, -0.25) is 10.1 Å². The molecule has 1 N–H and O–H groups in total. The zero-order valence-corrected chi connectivity index (χ0v) is 13.8. The Morgan fingerprint density at radius 2 is 2.08 bits per heavy atom. The molecule has 4 aromatic rings. The lowest BCUT2D eigenvalue weighted by Gasteiger charge is -2.00. The number of benzene rings is 1. The molecule has 0 saturated heterocycles. The fourth-order valence-corrected chi connectivity index (χ4v) is 3.27. The van der Waals surface area contributed by atoms with E-state index in [1.807, 2.05) is 49.6 Å². The van der Waals surface area contributed by atoms with Crippen LogP contribution >= 0.6 is 11.3 Å². The van der Waals surface area contributed by atoms with Gasteiger partial charge >= 0.3 is 0 Å². The monoisotopic (exact) mass is 339 g/mol. The maximum Gasteiger partial charge on any atom is 0.292 e. The lowest BCUT2D eigenvalue weighted by atomic mass is 10.1. The molecule has 0 unspecified atom stereocenters. The summed E-state index contributed by atoms with van der Waals surface area (Å²) in [5, 5.41) is 13.2. The number of fused-ring (bicyclic) bond motifs is 1. The van der Waals surface area contributed by atoms with E-state index in [0.29, 0.717) is 11.3 Å². The summed E-state index contributed by atoms with van der Waals surface area (Å²) in [6, 6.07) is 9.63. The van der Waals surface area contributed by atoms with E-state index in [-0.39, 0.29) is 17.5 Å². The van der Waals surface area contributed by atoms with Gasteiger partial charge in [0.25, 0.3) is 5.91 Å². The number of nitrogens with one attached hydrogen (secondary N) is 1. The molecule has 0 radical (unpaired) electrons. The van der Waals surface area contributed by atoms with E-state index >= 15 is 0 Å². The highest BCUT2D eigenvalue weighted by Gasteiger charge is 2.21. The van der Waals surface area contributed by atoms with Crippen LogP contribution in [0.25, 0.3) is 21.5 Å². The second-order valence-corrected chi connectivity index (χ2v) is 6.40. The number of thiophene rings is 1. The van der Waals surface area contributed by atoms with E-state index in [4.69, 9.17) is 9.05 Å². The minimum Gasteiger partial charge on any atom is -0.451 e. The summed E-state index contributed by atoms with van der Waals surface area (Å²) in [5.74, 6) is 0.157. The van der Waals surface area contributed by atoms with Crippen molar-refractivity contribution >= 4 is 34.0 Å². The molecule has 1 amide bonds. The molecule has 0 saturated carbocycles. The van der Waals surface area contributed by atoms with Crippen molar-refractivity contribution in [2.75, 3.05) is 5.32 Å². The number of carbonyl (C=O) groups excluding carboxylic acids is 1. The third-order valence-corrected chi connectivity index (χ3v) is 4.65. The summed E-state index contributed by atoms with van der Waals surface area (Å²) < 4.78 is 10.5. The van der Waals surface area contributed by atoms with E-state index < -0.39 is 0 Å². The number of hydrogen-bond acceptors (Lipinski definition) is 6. The Morgan fingerprint density at radius 1 is 1.21 bits per heavy atom. The van der Waals surface area contributed by atoms with Crippen LogP contribution in [0, 0.1) is 13.8 Å². The smallest absolute Gasteiger partial charge is 0.292 e. The molecule has 0 atom stereocenters. The summed E-state index contributed by atoms with van der Waals surface area (Å²) in [6.07, 6.45) is 0. The van der Waals surface area contributed by atoms with Crippen molar-refractivity contribution in [3.8, 4) is 10.6 Å². The van der Waals surface area contributed by atoms with Gasteiger partial charge < -0.3 is 4.42 Å². The summed E-state index contributed by atoms with van der Waals surface area (Å²) in [5.41, 5.74) is 3.05. The van der Waals surface area contributed by atoms with Gasteiger partial charge in [-0.1, -0.05) is 18.2 Å². The Balaban J connectivity index is 1.68. The van der Waals surface area contributed by atoms with Gasteiger partial charge in [0, 0.05) is 10.9 Å². The molecule has 1 aromatic carbocycles. The molecule has 4 rings (SSSR count). The predicted octanol–water partition coefficient (Wildman–Crippen LogP) is 4.41. The van der Waals surface area contributed by atoms with E-state index in [2.05, 4.69) is 15.6 Å². The first-order valence-electron chi connectivity index (χ1n) is 7.31. The van der Waals surface area contributed by atoms with E-state index in [9.17, 15) is 4.79 Å². The summed E-state index contributed by atoms with van der Waals surface area (Å²) >= 11 is 1.49. The van der Waals surface area contributed by atoms with Crippen LogP contribution in [-0.4, -0.2) is 16.2 Å². The molecular weight excluding hydrogens is 326 g/mol. The molecule has 0 fully saturated rings. The van der Waals surface area contributed by atoms with Crippen LogP contribution in [0.15, 0.2) is 44.8 Å². The fraction of sp³-hybridized carbons (Fsp3) is 0.118. The number of amides is 1. The standard InChI is InChI=1S/C17H13N3O3S/c1-9-5-6-11-10(2)15(22-12(11)8-9)17(21)18-16-14(19-23-20-16)13-4-3-7-24-13/h3-8H,1-2H3,(H,18,20,21). The lowest BCUT2D eigenvalue weighted by Crippen LogP contribution is -2.13. The molecular formula is C17H13N3O3S. The summed E-state index contributed by atoms with van der Waals surface area (Å²) in [6.45, 7) is 3.84. The van der Waals surface area contributed by atoms with Gasteiger partial charge in [0.2, 0.25) is 5.82 Å². The molecule has 3 heterocycles. The van der Waals surface area contributed by atoms with Crippen molar-refractivity contribution in [2.24, 2.45) is 0 Å². The quantitative estimate of drug-likeness (QED) is 0.598. The number of nitrogens with zero attached hydrogens (tertiary/aromatic N) is 2. The van der Waals surface area contributed by atoms with E-state index in [1.165, 1.54) is 11.3 Å². The van der Waals surface area contributed by atoms with Gasteiger partial charge in [0.1, 0.15) is 5.58 Å². The van der Waals surface area contributed by atoms with Crippen molar-refractivity contribution in [1.82, 2.24) is 10.3 Å². The van der Waals surface area contributed by atoms with Crippen LogP contribution in [0.3, 0.4) is 0 Å². The summed E-state index contributed by atoms with van der Waals surface area (Å²) in [7, 11) is 0. The summed E-state index contributed by atoms with van der Waals surface area (Å²) in [4.78, 5) is 13.5. The normalized spacial score (nSPS) is 11.1. The molecule has 0 bridgehead atoms. The fourth-order valence-electron chi connectivity index (χ4n) is 2.56. The zero-order valence-electron chi connectivity index (χ0n) is 13.0. The third kappa shape index (κ3) is 2.39. The van der Waals surface area contributed by atoms with Crippen LogP contribution in [0.1, 0.15) is 21.7 Å². The lowest BCUT2D eigenvalue weighted by molar-refractivity contribution is 0.0997. The number of furan rings is 1. The Bertz CT molecular complexity index is 1030. The number of rotatable bonds is 3. The van der Waals surface area contributed by atoms with Gasteiger partial charge in [-0.05, 0) is 47.2 Å². The second kappa shape index (κ2) is 5.61. The van der Waals surface area contributed by atoms with Gasteiger partial charge in [-0.25, -0.2) is 4.63 Å². The van der Waals surface area contributed by atoms with Crippen LogP contribution in [-0.2, 0) is 0 Å². The largest absolute Gasteiger partial charge is 0.451 e. The van der Waals surface area contributed by atoms with Gasteiger partial charge in [0.15, 0.2) is 11.5 Å². The number of anilines is 1. The van der Waals surface area contributed by atoms with Gasteiger partial charge in [0.05, 0.1) is 4.88 Å². The number of hydrogen-bond donors (Lipinski definition) is 1. The minimum absolute atomic E-state index is 0.260. The highest BCUT2D eigenvalue weighted by atomic mass is 32.1. The Morgan fingerprint density at radius 3 is 2.88 bits per heavy atom. The first kappa shape index (κ1) is 14.6. The molecule has 0 spiro atoms. The molecule has 7 heteroatoms. The highest BCUT2D eigenvalue weighted by Crippen LogP contribution is 2.30. The molecule has 6 nitrogen and oxygen atoms in total. The molecule has 0 aliphatic carbocycles. The molecule has 0 aliphatic heterocycles. The van der Waals surface area contributed by atoms with Crippen LogP contribution in [0.5, 0.6) is 0 Å². The number of carbonyl (C=O) groups is 1. The Kier molecular flexibility index (Phi) is 3.42. The van der Waals surface area contributed by atoms with Crippen molar-refractivity contribution in [2.45, 2.75) is 13.8 Å². The first-order chi connectivity index (χ1) is 11.6. The van der Waals surface area contributed by atoms with Crippen molar-refractivity contribution in [3.63, 3.8) is 0 Å². The van der Waals surface area contributed by atoms with Crippen LogP contribution in [0.2, 0.25) is 0 Å². The molecule has 0 aliphatic rings. The van der Waals surface area contributed by atoms with Gasteiger partial charge in [-0.15, -0.1) is 11.3 Å². The predicted molar refractivity (Wildman–Crippen MR) is 91.3 cm³/mol. The van der Waals surface area contributed by atoms with Crippen molar-refractivity contribution in [3.05, 3.63) is 52.6 Å². The number of aromatic nitrogens is 2. The van der Waals surface area contributed by atoms with E-state index in [1.54, 1.807) is 0 Å².